The smallest absolute Gasteiger partial charge is 0.360 e. The number of rotatable bonds is 5. The van der Waals surface area contributed by atoms with Crippen LogP contribution in [0, 0.1) is 0 Å². The van der Waals surface area contributed by atoms with E-state index in [2.05, 4.69) is 26.2 Å². The van der Waals surface area contributed by atoms with Gasteiger partial charge in [0, 0.05) is 10.5 Å². The van der Waals surface area contributed by atoms with Crippen LogP contribution in [-0.4, -0.2) is 24.7 Å². The van der Waals surface area contributed by atoms with Crippen LogP contribution in [-0.2, 0) is 4.74 Å². The molecule has 0 aliphatic carbocycles. The molecule has 1 N–H and O–H groups in total. The number of aromatic nitrogens is 1. The predicted octanol–water partition coefficient (Wildman–Crippen LogP) is 3.37. The Morgan fingerprint density at radius 2 is 2.30 bits per heavy atom. The van der Waals surface area contributed by atoms with Crippen LogP contribution in [0.3, 0.4) is 0 Å². The zero-order chi connectivity index (χ0) is 14.5. The third kappa shape index (κ3) is 3.30. The number of anilines is 2. The number of hydrogen-bond acceptors (Lipinski definition) is 6. The van der Waals surface area contributed by atoms with Crippen molar-refractivity contribution in [3.05, 3.63) is 34.6 Å². The zero-order valence-corrected chi connectivity index (χ0v) is 12.6. The van der Waals surface area contributed by atoms with Crippen molar-refractivity contribution in [1.29, 1.82) is 0 Å². The van der Waals surface area contributed by atoms with Gasteiger partial charge in [-0.05, 0) is 35.0 Å². The van der Waals surface area contributed by atoms with Crippen molar-refractivity contribution in [2.45, 2.75) is 6.92 Å². The Labute approximate surface area is 124 Å². The number of oxazole rings is 1. The number of nitrogens with one attached hydrogen (secondary N) is 1. The van der Waals surface area contributed by atoms with Crippen molar-refractivity contribution in [2.24, 2.45) is 0 Å². The van der Waals surface area contributed by atoms with E-state index in [0.717, 1.165) is 4.47 Å². The van der Waals surface area contributed by atoms with E-state index in [1.54, 1.807) is 20.1 Å². The number of carbonyl (C=O) groups is 1. The molecular formula is C13H13BrN2O4. The van der Waals surface area contributed by atoms with E-state index >= 15 is 0 Å². The number of ether oxygens (including phenoxy) is 2. The summed E-state index contributed by atoms with van der Waals surface area (Å²) in [4.78, 5) is 15.5. The van der Waals surface area contributed by atoms with Crippen molar-refractivity contribution in [3.63, 3.8) is 0 Å². The molecule has 6 nitrogen and oxygen atoms in total. The lowest BCUT2D eigenvalue weighted by atomic mass is 10.3. The average molecular weight is 341 g/mol. The van der Waals surface area contributed by atoms with Gasteiger partial charge in [0.05, 0.1) is 19.4 Å². The van der Waals surface area contributed by atoms with E-state index in [1.807, 2.05) is 12.1 Å². The highest BCUT2D eigenvalue weighted by atomic mass is 79.9. The van der Waals surface area contributed by atoms with Gasteiger partial charge in [-0.2, -0.15) is 4.98 Å². The van der Waals surface area contributed by atoms with Crippen LogP contribution in [0.4, 0.5) is 11.7 Å². The van der Waals surface area contributed by atoms with E-state index in [-0.39, 0.29) is 18.3 Å². The van der Waals surface area contributed by atoms with Crippen LogP contribution >= 0.6 is 15.9 Å². The normalized spacial score (nSPS) is 10.2. The molecule has 0 saturated carbocycles. The predicted molar refractivity (Wildman–Crippen MR) is 76.4 cm³/mol. The second-order valence-electron chi connectivity index (χ2n) is 3.73. The van der Waals surface area contributed by atoms with Gasteiger partial charge in [-0.15, -0.1) is 0 Å². The summed E-state index contributed by atoms with van der Waals surface area (Å²) in [5.41, 5.74) is 0.829. The molecule has 1 heterocycles. The minimum absolute atomic E-state index is 0.119. The fourth-order valence-electron chi connectivity index (χ4n) is 1.47. The minimum Gasteiger partial charge on any atom is -0.497 e. The standard InChI is InChI=1S/C13H13BrN2O4/c1-3-19-12(17)11-7-20-13(16-11)15-10-6-8(18-2)4-5-9(10)14/h4-7H,3H2,1-2H3,(H,15,16). The van der Waals surface area contributed by atoms with E-state index in [1.165, 1.54) is 6.26 Å². The summed E-state index contributed by atoms with van der Waals surface area (Å²) in [7, 11) is 1.58. The van der Waals surface area contributed by atoms with Crippen LogP contribution in [0.5, 0.6) is 5.75 Å². The molecule has 0 atom stereocenters. The molecule has 1 aromatic heterocycles. The van der Waals surface area contributed by atoms with Gasteiger partial charge in [-0.25, -0.2) is 4.79 Å². The molecule has 0 unspecified atom stereocenters. The number of halogens is 1. The van der Waals surface area contributed by atoms with Gasteiger partial charge >= 0.3 is 5.97 Å². The number of hydrogen-bond donors (Lipinski definition) is 1. The monoisotopic (exact) mass is 340 g/mol. The maximum atomic E-state index is 11.5. The molecular weight excluding hydrogens is 328 g/mol. The Bertz CT molecular complexity index is 612. The molecule has 106 valence electrons. The highest BCUT2D eigenvalue weighted by molar-refractivity contribution is 9.10. The molecule has 2 rings (SSSR count). The second-order valence-corrected chi connectivity index (χ2v) is 4.58. The first-order valence-electron chi connectivity index (χ1n) is 5.87. The van der Waals surface area contributed by atoms with Crippen LogP contribution in [0.1, 0.15) is 17.4 Å². The summed E-state index contributed by atoms with van der Waals surface area (Å²) < 4.78 is 16.0. The van der Waals surface area contributed by atoms with Gasteiger partial charge in [0.2, 0.25) is 0 Å². The Morgan fingerprint density at radius 1 is 1.50 bits per heavy atom. The third-order valence-corrected chi connectivity index (χ3v) is 3.10. The molecule has 0 spiro atoms. The van der Waals surface area contributed by atoms with Crippen molar-refractivity contribution in [3.8, 4) is 5.75 Å². The topological polar surface area (TPSA) is 73.6 Å². The molecule has 0 aliphatic rings. The van der Waals surface area contributed by atoms with Crippen molar-refractivity contribution in [2.75, 3.05) is 19.0 Å². The molecule has 7 heteroatoms. The lowest BCUT2D eigenvalue weighted by Crippen LogP contribution is -2.05. The molecule has 0 radical (unpaired) electrons. The van der Waals surface area contributed by atoms with Crippen molar-refractivity contribution < 1.29 is 18.7 Å². The number of carbonyl (C=O) groups excluding carboxylic acids is 1. The highest BCUT2D eigenvalue weighted by Crippen LogP contribution is 2.29. The van der Waals surface area contributed by atoms with E-state index in [4.69, 9.17) is 13.9 Å². The van der Waals surface area contributed by atoms with Gasteiger partial charge < -0.3 is 19.2 Å². The van der Waals surface area contributed by atoms with Crippen LogP contribution < -0.4 is 10.1 Å². The molecule has 0 bridgehead atoms. The maximum absolute atomic E-state index is 11.5. The molecule has 0 amide bonds. The van der Waals surface area contributed by atoms with Gasteiger partial charge in [0.15, 0.2) is 5.69 Å². The summed E-state index contributed by atoms with van der Waals surface area (Å²) in [5, 5.41) is 2.95. The summed E-state index contributed by atoms with van der Waals surface area (Å²) >= 11 is 3.40. The summed E-state index contributed by atoms with van der Waals surface area (Å²) in [6, 6.07) is 5.62. The van der Waals surface area contributed by atoms with Gasteiger partial charge in [0.1, 0.15) is 12.0 Å². The lowest BCUT2D eigenvalue weighted by molar-refractivity contribution is 0.0519. The fraction of sp³-hybridized carbons (Fsp3) is 0.231. The summed E-state index contributed by atoms with van der Waals surface area (Å²) in [6.07, 6.45) is 1.24. The first-order chi connectivity index (χ1) is 9.63. The van der Waals surface area contributed by atoms with Crippen LogP contribution in [0.15, 0.2) is 33.4 Å². The Hall–Kier alpha value is -2.02. The quantitative estimate of drug-likeness (QED) is 0.841. The Kier molecular flexibility index (Phi) is 4.62. The number of nitrogens with zero attached hydrogens (tertiary/aromatic N) is 1. The minimum atomic E-state index is -0.519. The molecule has 20 heavy (non-hydrogen) atoms. The fourth-order valence-corrected chi connectivity index (χ4v) is 1.82. The van der Waals surface area contributed by atoms with Crippen molar-refractivity contribution >= 4 is 33.6 Å². The van der Waals surface area contributed by atoms with E-state index in [0.29, 0.717) is 11.4 Å². The lowest BCUT2D eigenvalue weighted by Gasteiger charge is -2.07. The van der Waals surface area contributed by atoms with E-state index in [9.17, 15) is 4.79 Å². The number of benzene rings is 1. The molecule has 0 saturated heterocycles. The highest BCUT2D eigenvalue weighted by Gasteiger charge is 2.14. The van der Waals surface area contributed by atoms with Crippen LogP contribution in [0.25, 0.3) is 0 Å². The molecule has 0 aliphatic heterocycles. The SMILES string of the molecule is CCOC(=O)c1coc(Nc2cc(OC)ccc2Br)n1. The van der Waals surface area contributed by atoms with Crippen LogP contribution in [0.2, 0.25) is 0 Å². The molecule has 2 aromatic rings. The first kappa shape index (κ1) is 14.4. The summed E-state index contributed by atoms with van der Waals surface area (Å²) in [5.74, 6) is 0.168. The largest absolute Gasteiger partial charge is 0.497 e. The molecule has 0 fully saturated rings. The molecule has 1 aromatic carbocycles. The third-order valence-electron chi connectivity index (χ3n) is 2.40. The number of methoxy groups -OCH3 is 1. The van der Waals surface area contributed by atoms with E-state index < -0.39 is 5.97 Å². The second kappa shape index (κ2) is 6.42. The van der Waals surface area contributed by atoms with Gasteiger partial charge in [-0.1, -0.05) is 0 Å². The average Bonchev–Trinajstić information content (AvgIpc) is 2.90. The van der Waals surface area contributed by atoms with Gasteiger partial charge in [-0.3, -0.25) is 0 Å². The number of esters is 1. The zero-order valence-electron chi connectivity index (χ0n) is 11.0. The van der Waals surface area contributed by atoms with Crippen molar-refractivity contribution in [1.82, 2.24) is 4.98 Å². The Balaban J connectivity index is 2.16. The van der Waals surface area contributed by atoms with Gasteiger partial charge in [0.25, 0.3) is 6.01 Å². The summed E-state index contributed by atoms with van der Waals surface area (Å²) in [6.45, 7) is 2.01. The first-order valence-corrected chi connectivity index (χ1v) is 6.66. The Morgan fingerprint density at radius 3 is 3.00 bits per heavy atom. The maximum Gasteiger partial charge on any atom is 0.360 e.